The summed E-state index contributed by atoms with van der Waals surface area (Å²) in [7, 11) is 0. The number of nitrogens with one attached hydrogen (secondary N) is 1. The summed E-state index contributed by atoms with van der Waals surface area (Å²) < 4.78 is 1.01. The van der Waals surface area contributed by atoms with E-state index in [1.807, 2.05) is 48.5 Å². The average Bonchev–Trinajstić information content (AvgIpc) is 2.84. The number of nitrogen functional groups attached to an aromatic ring is 1. The van der Waals surface area contributed by atoms with Crippen molar-refractivity contribution in [2.24, 2.45) is 0 Å². The lowest BCUT2D eigenvalue weighted by Gasteiger charge is -2.06. The minimum atomic E-state index is -0.176. The molecule has 0 atom stereocenters. The third kappa shape index (κ3) is 2.73. The number of nitrogens with two attached hydrogens (primary N) is 1. The van der Waals surface area contributed by atoms with Crippen LogP contribution in [0, 0.1) is 0 Å². The van der Waals surface area contributed by atoms with Crippen LogP contribution in [-0.2, 0) is 6.54 Å². The molecule has 3 rings (SSSR count). The predicted molar refractivity (Wildman–Crippen MR) is 88.9 cm³/mol. The van der Waals surface area contributed by atoms with E-state index in [0.29, 0.717) is 22.1 Å². The van der Waals surface area contributed by atoms with E-state index in [2.05, 4.69) is 5.32 Å². The SMILES string of the molecule is Nc1ccccc1CNC(=O)c1sc2ccccc2c1Cl. The van der Waals surface area contributed by atoms with Crippen molar-refractivity contribution in [2.75, 3.05) is 5.73 Å². The maximum absolute atomic E-state index is 12.3. The molecule has 5 heteroatoms. The summed E-state index contributed by atoms with van der Waals surface area (Å²) in [5, 5.41) is 4.28. The Morgan fingerprint density at radius 2 is 1.86 bits per heavy atom. The molecule has 0 aliphatic heterocycles. The van der Waals surface area contributed by atoms with Crippen molar-refractivity contribution in [2.45, 2.75) is 6.54 Å². The predicted octanol–water partition coefficient (Wildman–Crippen LogP) is 4.07. The third-order valence-electron chi connectivity index (χ3n) is 3.24. The molecular weight excluding hydrogens is 304 g/mol. The van der Waals surface area contributed by atoms with E-state index in [0.717, 1.165) is 15.6 Å². The van der Waals surface area contributed by atoms with Crippen molar-refractivity contribution < 1.29 is 4.79 Å². The first-order chi connectivity index (χ1) is 10.2. The second-order valence-electron chi connectivity index (χ2n) is 4.62. The smallest absolute Gasteiger partial charge is 0.263 e. The highest BCUT2D eigenvalue weighted by Crippen LogP contribution is 2.35. The lowest BCUT2D eigenvalue weighted by Crippen LogP contribution is -2.22. The monoisotopic (exact) mass is 316 g/mol. The van der Waals surface area contributed by atoms with E-state index in [-0.39, 0.29) is 5.91 Å². The Kier molecular flexibility index (Phi) is 3.82. The Bertz CT molecular complexity index is 813. The van der Waals surface area contributed by atoms with E-state index in [1.54, 1.807) is 0 Å². The zero-order valence-corrected chi connectivity index (χ0v) is 12.7. The quantitative estimate of drug-likeness (QED) is 0.716. The van der Waals surface area contributed by atoms with Crippen molar-refractivity contribution in [3.63, 3.8) is 0 Å². The minimum absolute atomic E-state index is 0.176. The molecule has 0 aliphatic carbocycles. The van der Waals surface area contributed by atoms with Crippen LogP contribution in [0.4, 0.5) is 5.69 Å². The first kappa shape index (κ1) is 13.9. The maximum atomic E-state index is 12.3. The number of fused-ring (bicyclic) bond motifs is 1. The third-order valence-corrected chi connectivity index (χ3v) is 4.91. The van der Waals surface area contributed by atoms with Gasteiger partial charge in [0.15, 0.2) is 0 Å². The molecule has 106 valence electrons. The van der Waals surface area contributed by atoms with Crippen molar-refractivity contribution in [1.82, 2.24) is 5.32 Å². The summed E-state index contributed by atoms with van der Waals surface area (Å²) >= 11 is 7.69. The summed E-state index contributed by atoms with van der Waals surface area (Å²) in [5.41, 5.74) is 7.42. The van der Waals surface area contributed by atoms with Gasteiger partial charge in [-0.3, -0.25) is 4.79 Å². The molecular formula is C16H13ClN2OS. The number of halogens is 1. The number of anilines is 1. The molecule has 1 amide bonds. The number of para-hydroxylation sites is 1. The lowest BCUT2D eigenvalue weighted by atomic mass is 10.2. The highest BCUT2D eigenvalue weighted by atomic mass is 35.5. The molecule has 0 bridgehead atoms. The fraction of sp³-hybridized carbons (Fsp3) is 0.0625. The molecule has 0 saturated carbocycles. The largest absolute Gasteiger partial charge is 0.398 e. The topological polar surface area (TPSA) is 55.1 Å². The van der Waals surface area contributed by atoms with E-state index >= 15 is 0 Å². The summed E-state index contributed by atoms with van der Waals surface area (Å²) in [6.45, 7) is 0.385. The van der Waals surface area contributed by atoms with Gasteiger partial charge < -0.3 is 11.1 Å². The molecule has 0 unspecified atom stereocenters. The van der Waals surface area contributed by atoms with Crippen LogP contribution in [0.15, 0.2) is 48.5 Å². The van der Waals surface area contributed by atoms with Gasteiger partial charge in [0.2, 0.25) is 0 Å². The molecule has 0 aliphatic rings. The van der Waals surface area contributed by atoms with Gasteiger partial charge in [0.1, 0.15) is 4.88 Å². The normalized spacial score (nSPS) is 10.7. The number of hydrogen-bond acceptors (Lipinski definition) is 3. The van der Waals surface area contributed by atoms with E-state index in [4.69, 9.17) is 17.3 Å². The molecule has 0 radical (unpaired) electrons. The average molecular weight is 317 g/mol. The molecule has 2 aromatic carbocycles. The lowest BCUT2D eigenvalue weighted by molar-refractivity contribution is 0.0955. The van der Waals surface area contributed by atoms with Crippen molar-refractivity contribution in [3.8, 4) is 0 Å². The van der Waals surface area contributed by atoms with Crippen LogP contribution in [0.2, 0.25) is 5.02 Å². The second kappa shape index (κ2) is 5.76. The maximum Gasteiger partial charge on any atom is 0.263 e. The fourth-order valence-corrected chi connectivity index (χ4v) is 3.54. The minimum Gasteiger partial charge on any atom is -0.398 e. The van der Waals surface area contributed by atoms with E-state index in [1.165, 1.54) is 11.3 Å². The Hall–Kier alpha value is -2.04. The van der Waals surface area contributed by atoms with Gasteiger partial charge in [0.25, 0.3) is 5.91 Å². The molecule has 1 heterocycles. The molecule has 0 fully saturated rings. The van der Waals surface area contributed by atoms with Crippen LogP contribution in [0.3, 0.4) is 0 Å². The zero-order chi connectivity index (χ0) is 14.8. The van der Waals surface area contributed by atoms with Crippen molar-refractivity contribution in [1.29, 1.82) is 0 Å². The number of carbonyl (C=O) groups is 1. The number of thiophene rings is 1. The van der Waals surface area contributed by atoms with Crippen LogP contribution in [0.25, 0.3) is 10.1 Å². The molecule has 1 aromatic heterocycles. The molecule has 3 aromatic rings. The molecule has 0 spiro atoms. The summed E-state index contributed by atoms with van der Waals surface area (Å²) in [6.07, 6.45) is 0. The van der Waals surface area contributed by atoms with Crippen molar-refractivity contribution in [3.05, 3.63) is 64.0 Å². The standard InChI is InChI=1S/C16H13ClN2OS/c17-14-11-6-2-4-8-13(11)21-15(14)16(20)19-9-10-5-1-3-7-12(10)18/h1-8H,9,18H2,(H,19,20). The molecule has 3 N–H and O–H groups in total. The van der Waals surface area contributed by atoms with Crippen LogP contribution < -0.4 is 11.1 Å². The molecule has 21 heavy (non-hydrogen) atoms. The highest BCUT2D eigenvalue weighted by molar-refractivity contribution is 7.21. The highest BCUT2D eigenvalue weighted by Gasteiger charge is 2.16. The van der Waals surface area contributed by atoms with Gasteiger partial charge in [0, 0.05) is 22.3 Å². The van der Waals surface area contributed by atoms with Crippen LogP contribution >= 0.6 is 22.9 Å². The number of amides is 1. The van der Waals surface area contributed by atoms with Gasteiger partial charge in [-0.25, -0.2) is 0 Å². The number of hydrogen-bond donors (Lipinski definition) is 2. The fourth-order valence-electron chi connectivity index (χ4n) is 2.11. The number of carbonyl (C=O) groups excluding carboxylic acids is 1. The van der Waals surface area contributed by atoms with Gasteiger partial charge >= 0.3 is 0 Å². The summed E-state index contributed by atoms with van der Waals surface area (Å²) in [5.74, 6) is -0.176. The van der Waals surface area contributed by atoms with Crippen LogP contribution in [0.1, 0.15) is 15.2 Å². The second-order valence-corrected chi connectivity index (χ2v) is 6.05. The molecule has 0 saturated heterocycles. The van der Waals surface area contributed by atoms with Gasteiger partial charge in [-0.05, 0) is 17.7 Å². The Labute approximate surface area is 131 Å². The Morgan fingerprint density at radius 1 is 1.14 bits per heavy atom. The first-order valence-electron chi connectivity index (χ1n) is 6.45. The van der Waals surface area contributed by atoms with Crippen LogP contribution in [-0.4, -0.2) is 5.91 Å². The number of benzene rings is 2. The van der Waals surface area contributed by atoms with Gasteiger partial charge in [-0.15, -0.1) is 11.3 Å². The zero-order valence-electron chi connectivity index (χ0n) is 11.1. The van der Waals surface area contributed by atoms with E-state index < -0.39 is 0 Å². The first-order valence-corrected chi connectivity index (χ1v) is 7.65. The van der Waals surface area contributed by atoms with Crippen LogP contribution in [0.5, 0.6) is 0 Å². The van der Waals surface area contributed by atoms with Crippen molar-refractivity contribution >= 4 is 44.6 Å². The Morgan fingerprint density at radius 3 is 2.62 bits per heavy atom. The summed E-state index contributed by atoms with van der Waals surface area (Å²) in [4.78, 5) is 12.8. The number of rotatable bonds is 3. The Balaban J connectivity index is 1.81. The molecule has 3 nitrogen and oxygen atoms in total. The summed E-state index contributed by atoms with van der Waals surface area (Å²) in [6, 6.07) is 15.2. The van der Waals surface area contributed by atoms with Gasteiger partial charge in [-0.2, -0.15) is 0 Å². The van der Waals surface area contributed by atoms with Gasteiger partial charge in [0.05, 0.1) is 5.02 Å². The van der Waals surface area contributed by atoms with E-state index in [9.17, 15) is 4.79 Å². The van der Waals surface area contributed by atoms with Gasteiger partial charge in [-0.1, -0.05) is 48.0 Å².